The van der Waals surface area contributed by atoms with E-state index in [-0.39, 0.29) is 5.75 Å². The topological polar surface area (TPSA) is 96.2 Å². The Morgan fingerprint density at radius 3 is 2.58 bits per heavy atom. The summed E-state index contributed by atoms with van der Waals surface area (Å²) in [4.78, 5) is 14.3. The first-order valence-electron chi connectivity index (χ1n) is 12.0. The van der Waals surface area contributed by atoms with Gasteiger partial charge in [-0.1, -0.05) is 6.07 Å². The molecular weight excluding hydrogens is 392 g/mol. The van der Waals surface area contributed by atoms with Crippen LogP contribution in [0.5, 0.6) is 5.75 Å². The molecule has 0 spiro atoms. The number of rotatable bonds is 4. The van der Waals surface area contributed by atoms with Crippen LogP contribution in [0.15, 0.2) is 47.4 Å². The summed E-state index contributed by atoms with van der Waals surface area (Å²) in [6, 6.07) is 11.5. The highest BCUT2D eigenvalue weighted by Crippen LogP contribution is 2.33. The fourth-order valence-corrected chi connectivity index (χ4v) is 4.68. The molecule has 0 radical (unpaired) electrons. The van der Waals surface area contributed by atoms with Crippen molar-refractivity contribution in [3.8, 4) is 28.1 Å². The molecule has 3 atom stereocenters. The SMILES string of the molecule is [2H]C([2H])([2H])n1ncc(-c2ccc(-c3ccc(N(C)C4C[C@H]5CC[C@@H](C4)N5)nn3)c(O)c2)cc1=O. The molecule has 2 fully saturated rings. The number of piperidine rings is 1. The number of hydrogen-bond donors (Lipinski definition) is 2. The molecule has 5 rings (SSSR count). The summed E-state index contributed by atoms with van der Waals surface area (Å²) in [6.45, 7) is -2.64. The van der Waals surface area contributed by atoms with E-state index in [9.17, 15) is 9.90 Å². The Bertz CT molecular complexity index is 1250. The zero-order valence-electron chi connectivity index (χ0n) is 20.2. The van der Waals surface area contributed by atoms with E-state index in [2.05, 4.69) is 32.6 Å². The first-order chi connectivity index (χ1) is 16.2. The number of phenols is 1. The lowest BCUT2D eigenvalue weighted by atomic mass is 9.98. The Labute approximate surface area is 184 Å². The Kier molecular flexibility index (Phi) is 4.12. The Balaban J connectivity index is 1.35. The highest BCUT2D eigenvalue weighted by atomic mass is 16.3. The van der Waals surface area contributed by atoms with Crippen molar-refractivity contribution >= 4 is 5.82 Å². The van der Waals surface area contributed by atoms with Crippen molar-refractivity contribution in [2.24, 2.45) is 6.98 Å². The molecule has 3 aromatic rings. The highest BCUT2D eigenvalue weighted by molar-refractivity contribution is 5.74. The zero-order valence-corrected chi connectivity index (χ0v) is 17.2. The highest BCUT2D eigenvalue weighted by Gasteiger charge is 2.35. The van der Waals surface area contributed by atoms with E-state index < -0.39 is 12.5 Å². The summed E-state index contributed by atoms with van der Waals surface area (Å²) in [7, 11) is 2.06. The Hall–Kier alpha value is -3.26. The van der Waals surface area contributed by atoms with Crippen LogP contribution >= 0.6 is 0 Å². The molecule has 0 amide bonds. The molecule has 0 saturated carbocycles. The van der Waals surface area contributed by atoms with Gasteiger partial charge in [0.1, 0.15) is 5.75 Å². The summed E-state index contributed by atoms with van der Waals surface area (Å²) in [5, 5.41) is 26.8. The third-order valence-corrected chi connectivity index (χ3v) is 6.41. The molecule has 1 aromatic carbocycles. The van der Waals surface area contributed by atoms with E-state index in [1.807, 2.05) is 12.1 Å². The van der Waals surface area contributed by atoms with Gasteiger partial charge in [0.2, 0.25) is 0 Å². The predicted molar refractivity (Wildman–Crippen MR) is 119 cm³/mol. The van der Waals surface area contributed by atoms with Gasteiger partial charge >= 0.3 is 0 Å². The number of aryl methyl sites for hydroxylation is 1. The average molecular weight is 422 g/mol. The predicted octanol–water partition coefficient (Wildman–Crippen LogP) is 2.33. The van der Waals surface area contributed by atoms with Gasteiger partial charge in [0.15, 0.2) is 5.82 Å². The number of benzene rings is 1. The zero-order chi connectivity index (χ0) is 24.0. The molecule has 8 heteroatoms. The van der Waals surface area contributed by atoms with E-state index in [1.165, 1.54) is 31.2 Å². The van der Waals surface area contributed by atoms with E-state index in [0.29, 0.717) is 45.2 Å². The minimum absolute atomic E-state index is 0.0252. The number of nitrogens with one attached hydrogen (secondary N) is 1. The molecule has 2 aliphatic rings. The first-order valence-corrected chi connectivity index (χ1v) is 10.5. The fourth-order valence-electron chi connectivity index (χ4n) is 4.68. The normalized spacial score (nSPS) is 24.3. The molecule has 2 saturated heterocycles. The molecule has 4 heterocycles. The maximum atomic E-state index is 12.1. The van der Waals surface area contributed by atoms with Crippen LogP contribution in [0.1, 0.15) is 29.8 Å². The molecule has 8 nitrogen and oxygen atoms in total. The lowest BCUT2D eigenvalue weighted by Crippen LogP contribution is -2.47. The van der Waals surface area contributed by atoms with Crippen molar-refractivity contribution in [1.82, 2.24) is 25.3 Å². The van der Waals surface area contributed by atoms with Crippen LogP contribution in [-0.2, 0) is 6.98 Å². The van der Waals surface area contributed by atoms with Crippen LogP contribution in [0.2, 0.25) is 0 Å². The minimum Gasteiger partial charge on any atom is -0.507 e. The van der Waals surface area contributed by atoms with E-state index in [1.54, 1.807) is 12.1 Å². The van der Waals surface area contributed by atoms with Crippen molar-refractivity contribution in [1.29, 1.82) is 0 Å². The van der Waals surface area contributed by atoms with Crippen LogP contribution in [0.3, 0.4) is 0 Å². The second kappa shape index (κ2) is 7.77. The van der Waals surface area contributed by atoms with Crippen LogP contribution in [-0.4, -0.2) is 50.3 Å². The van der Waals surface area contributed by atoms with Crippen LogP contribution in [0.4, 0.5) is 5.82 Å². The summed E-state index contributed by atoms with van der Waals surface area (Å²) in [5.74, 6) is 0.773. The van der Waals surface area contributed by atoms with Crippen molar-refractivity contribution in [3.05, 3.63) is 52.9 Å². The van der Waals surface area contributed by atoms with Gasteiger partial charge in [0, 0.05) is 53.5 Å². The molecule has 2 bridgehead atoms. The van der Waals surface area contributed by atoms with E-state index in [0.717, 1.165) is 18.7 Å². The number of hydrogen-bond acceptors (Lipinski definition) is 7. The number of anilines is 1. The molecule has 2 N–H and O–H groups in total. The quantitative estimate of drug-likeness (QED) is 0.667. The van der Waals surface area contributed by atoms with Gasteiger partial charge in [-0.2, -0.15) is 5.10 Å². The van der Waals surface area contributed by atoms with Crippen molar-refractivity contribution in [2.75, 3.05) is 11.9 Å². The number of aromatic hydroxyl groups is 1. The summed E-state index contributed by atoms with van der Waals surface area (Å²) in [5.41, 5.74) is 1.24. The third-order valence-electron chi connectivity index (χ3n) is 6.41. The minimum atomic E-state index is -2.64. The molecule has 160 valence electrons. The van der Waals surface area contributed by atoms with Crippen LogP contribution in [0.25, 0.3) is 22.4 Å². The maximum Gasteiger partial charge on any atom is 0.267 e. The van der Waals surface area contributed by atoms with E-state index in [4.69, 9.17) is 4.11 Å². The molecular formula is C23H26N6O2. The number of phenolic OH excluding ortho intramolecular Hbond substituents is 1. The lowest BCUT2D eigenvalue weighted by molar-refractivity contribution is 0.353. The Morgan fingerprint density at radius 2 is 1.94 bits per heavy atom. The van der Waals surface area contributed by atoms with Crippen LogP contribution < -0.4 is 15.8 Å². The standard InChI is InChI=1S/C23H26N6O2/c1-28(18-11-16-4-5-17(12-18)25-16)22-8-7-20(26-27-22)19-6-3-14(9-21(19)30)15-10-23(31)29(2)24-13-15/h3,6-10,13,16-18,25,30H,4-5,11-12H2,1-2H3/t16-,17+,18?/i2D3. The Morgan fingerprint density at radius 1 is 1.13 bits per heavy atom. The van der Waals surface area contributed by atoms with Crippen LogP contribution in [0, 0.1) is 0 Å². The van der Waals surface area contributed by atoms with Crippen molar-refractivity contribution in [3.63, 3.8) is 0 Å². The smallest absolute Gasteiger partial charge is 0.267 e. The van der Waals surface area contributed by atoms with Gasteiger partial charge in [-0.3, -0.25) is 4.79 Å². The van der Waals surface area contributed by atoms with Crippen molar-refractivity contribution in [2.45, 2.75) is 43.8 Å². The van der Waals surface area contributed by atoms with Gasteiger partial charge in [-0.25, -0.2) is 4.68 Å². The van der Waals surface area contributed by atoms with Gasteiger partial charge in [-0.05, 0) is 55.5 Å². The molecule has 1 unspecified atom stereocenters. The van der Waals surface area contributed by atoms with Gasteiger partial charge in [0.25, 0.3) is 5.56 Å². The number of fused-ring (bicyclic) bond motifs is 2. The molecule has 31 heavy (non-hydrogen) atoms. The first kappa shape index (κ1) is 16.4. The molecule has 2 aliphatic heterocycles. The van der Waals surface area contributed by atoms with Gasteiger partial charge < -0.3 is 15.3 Å². The summed E-state index contributed by atoms with van der Waals surface area (Å²) in [6.07, 6.45) is 5.97. The second-order valence-electron chi connectivity index (χ2n) is 8.38. The largest absolute Gasteiger partial charge is 0.507 e. The van der Waals surface area contributed by atoms with Gasteiger partial charge in [0.05, 0.1) is 11.9 Å². The third kappa shape index (κ3) is 3.79. The average Bonchev–Trinajstić information content (AvgIpc) is 3.15. The number of nitrogens with zero attached hydrogens (tertiary/aromatic N) is 5. The summed E-state index contributed by atoms with van der Waals surface area (Å²) < 4.78 is 22.5. The van der Waals surface area contributed by atoms with Crippen molar-refractivity contribution < 1.29 is 9.22 Å². The maximum absolute atomic E-state index is 12.1. The lowest BCUT2D eigenvalue weighted by Gasteiger charge is -2.36. The van der Waals surface area contributed by atoms with Gasteiger partial charge in [-0.15, -0.1) is 10.2 Å². The molecule has 2 aromatic heterocycles. The second-order valence-corrected chi connectivity index (χ2v) is 8.38. The fraction of sp³-hybridized carbons (Fsp3) is 0.391. The molecule has 0 aliphatic carbocycles. The number of aromatic nitrogens is 4. The summed E-state index contributed by atoms with van der Waals surface area (Å²) >= 11 is 0. The van der Waals surface area contributed by atoms with E-state index >= 15 is 0 Å². The monoisotopic (exact) mass is 421 g/mol.